The van der Waals surface area contributed by atoms with Crippen LogP contribution in [0.1, 0.15) is 37.7 Å². The molecule has 0 radical (unpaired) electrons. The van der Waals surface area contributed by atoms with Gasteiger partial charge >= 0.3 is 6.18 Å². The van der Waals surface area contributed by atoms with E-state index in [1.165, 1.54) is 12.3 Å². The molecule has 3 aliphatic rings. The molecule has 2 aromatic rings. The van der Waals surface area contributed by atoms with Gasteiger partial charge in [0.15, 0.2) is 0 Å². The van der Waals surface area contributed by atoms with Crippen LogP contribution in [0.25, 0.3) is 0 Å². The molecule has 0 spiro atoms. The summed E-state index contributed by atoms with van der Waals surface area (Å²) in [6, 6.07) is 6.68. The zero-order chi connectivity index (χ0) is 32.4. The molecule has 0 aromatic heterocycles. The molecule has 1 atom stereocenters. The Hall–Kier alpha value is -4.57. The SMILES string of the molecule is N=C/C(C#CC1CN(c2ccc(NC3CCC(=O)NC3=O)cc2F)C1)=C\NC1(C(=O)Nc2ccc(C(F)(F)F)cc2Cl)CCC1. The van der Waals surface area contributed by atoms with Gasteiger partial charge in [-0.05, 0) is 62.1 Å². The van der Waals surface area contributed by atoms with Gasteiger partial charge in [-0.25, -0.2) is 4.39 Å². The van der Waals surface area contributed by atoms with Crippen LogP contribution < -0.4 is 26.2 Å². The van der Waals surface area contributed by atoms with E-state index >= 15 is 0 Å². The van der Waals surface area contributed by atoms with Gasteiger partial charge in [-0.2, -0.15) is 13.2 Å². The number of anilines is 3. The molecule has 236 valence electrons. The van der Waals surface area contributed by atoms with E-state index in [0.29, 0.717) is 49.3 Å². The second-order valence-electron chi connectivity index (χ2n) is 11.2. The van der Waals surface area contributed by atoms with Crippen LogP contribution in [0.4, 0.5) is 34.6 Å². The summed E-state index contributed by atoms with van der Waals surface area (Å²) in [4.78, 5) is 38.2. The third kappa shape index (κ3) is 7.23. The topological polar surface area (TPSA) is 126 Å². The Balaban J connectivity index is 1.15. The number of benzene rings is 2. The molecule has 5 rings (SSSR count). The first-order valence-corrected chi connectivity index (χ1v) is 14.6. The molecule has 1 saturated carbocycles. The minimum atomic E-state index is -4.56. The van der Waals surface area contributed by atoms with Crippen LogP contribution in [0.5, 0.6) is 0 Å². The first-order chi connectivity index (χ1) is 21.4. The fourth-order valence-corrected chi connectivity index (χ4v) is 5.40. The number of allylic oxidation sites excluding steroid dienone is 1. The quantitative estimate of drug-likeness (QED) is 0.121. The third-order valence-corrected chi connectivity index (χ3v) is 8.33. The van der Waals surface area contributed by atoms with Gasteiger partial charge in [-0.3, -0.25) is 19.7 Å². The number of nitrogens with one attached hydrogen (secondary N) is 5. The molecule has 2 heterocycles. The van der Waals surface area contributed by atoms with E-state index in [2.05, 4.69) is 33.1 Å². The number of alkyl halides is 3. The molecular weight excluding hydrogens is 616 g/mol. The van der Waals surface area contributed by atoms with Gasteiger partial charge in [0.05, 0.1) is 33.5 Å². The summed E-state index contributed by atoms with van der Waals surface area (Å²) in [6.45, 7) is 0.922. The highest BCUT2D eigenvalue weighted by Crippen LogP contribution is 2.37. The summed E-state index contributed by atoms with van der Waals surface area (Å²) >= 11 is 6.00. The summed E-state index contributed by atoms with van der Waals surface area (Å²) in [5.41, 5.74) is -0.753. The zero-order valence-electron chi connectivity index (χ0n) is 23.8. The Kier molecular flexibility index (Phi) is 9.06. The van der Waals surface area contributed by atoms with Crippen molar-refractivity contribution in [1.82, 2.24) is 10.6 Å². The fraction of sp³-hybridized carbons (Fsp3) is 0.355. The smallest absolute Gasteiger partial charge is 0.376 e. The summed E-state index contributed by atoms with van der Waals surface area (Å²) in [5.74, 6) is 4.19. The number of piperidine rings is 1. The van der Waals surface area contributed by atoms with Crippen molar-refractivity contribution in [1.29, 1.82) is 5.41 Å². The molecule has 14 heteroatoms. The standard InChI is InChI=1S/C31H29ClF4N6O3/c32-22-12-20(31(34,35)36)4-6-24(22)40-29(45)30(10-1-11-30)38-15-18(14-37)2-3-19-16-42(17-19)26-8-5-21(13-23(26)33)39-25-7-9-27(43)41-28(25)44/h4-6,8,12-15,19,25,37-39H,1,7,9-11,16-17H2,(H,40,45)(H,41,43,44)/b18-15-,37-14?. The van der Waals surface area contributed by atoms with Crippen LogP contribution in [0.2, 0.25) is 5.02 Å². The average Bonchev–Trinajstić information content (AvgIpc) is 2.93. The molecule has 5 N–H and O–H groups in total. The van der Waals surface area contributed by atoms with Gasteiger partial charge in [0, 0.05) is 37.6 Å². The van der Waals surface area contributed by atoms with Crippen molar-refractivity contribution >= 4 is 52.6 Å². The van der Waals surface area contributed by atoms with Gasteiger partial charge in [-0.15, -0.1) is 0 Å². The summed E-state index contributed by atoms with van der Waals surface area (Å²) in [7, 11) is 0. The second kappa shape index (κ2) is 12.8. The van der Waals surface area contributed by atoms with Gasteiger partial charge in [-0.1, -0.05) is 23.4 Å². The van der Waals surface area contributed by atoms with Crippen LogP contribution in [0, 0.1) is 29.0 Å². The van der Waals surface area contributed by atoms with Crippen molar-refractivity contribution in [2.45, 2.75) is 49.9 Å². The molecule has 2 aromatic carbocycles. The van der Waals surface area contributed by atoms with Gasteiger partial charge in [0.2, 0.25) is 17.7 Å². The molecule has 0 bridgehead atoms. The highest BCUT2D eigenvalue weighted by molar-refractivity contribution is 6.33. The van der Waals surface area contributed by atoms with Crippen LogP contribution in [-0.2, 0) is 20.6 Å². The summed E-state index contributed by atoms with van der Waals surface area (Å²) in [6.07, 6.45) is 0.183. The maximum atomic E-state index is 14.9. The van der Waals surface area contributed by atoms with Gasteiger partial charge < -0.3 is 26.3 Å². The first kappa shape index (κ1) is 31.8. The number of hydrogen-bond donors (Lipinski definition) is 5. The molecule has 2 saturated heterocycles. The van der Waals surface area contributed by atoms with E-state index in [-0.39, 0.29) is 29.0 Å². The van der Waals surface area contributed by atoms with E-state index in [4.69, 9.17) is 17.0 Å². The van der Waals surface area contributed by atoms with Crippen molar-refractivity contribution in [3.8, 4) is 11.8 Å². The number of carbonyl (C=O) groups is 3. The van der Waals surface area contributed by atoms with E-state index in [0.717, 1.165) is 30.8 Å². The predicted octanol–water partition coefficient (Wildman–Crippen LogP) is 4.84. The monoisotopic (exact) mass is 644 g/mol. The Morgan fingerprint density at radius 2 is 1.91 bits per heavy atom. The Labute approximate surface area is 261 Å². The molecule has 45 heavy (non-hydrogen) atoms. The van der Waals surface area contributed by atoms with Crippen molar-refractivity contribution in [3.05, 3.63) is 64.6 Å². The number of amides is 3. The van der Waals surface area contributed by atoms with Crippen molar-refractivity contribution < 1.29 is 31.9 Å². The number of nitrogens with zero attached hydrogens (tertiary/aromatic N) is 1. The van der Waals surface area contributed by atoms with Crippen LogP contribution in [0.3, 0.4) is 0 Å². The number of halogens is 5. The Morgan fingerprint density at radius 3 is 2.51 bits per heavy atom. The lowest BCUT2D eigenvalue weighted by Crippen LogP contribution is -2.57. The fourth-order valence-electron chi connectivity index (χ4n) is 5.17. The molecule has 9 nitrogen and oxygen atoms in total. The predicted molar refractivity (Wildman–Crippen MR) is 161 cm³/mol. The van der Waals surface area contributed by atoms with Crippen molar-refractivity contribution in [3.63, 3.8) is 0 Å². The molecule has 1 aliphatic carbocycles. The zero-order valence-corrected chi connectivity index (χ0v) is 24.5. The molecule has 2 aliphatic heterocycles. The minimum absolute atomic E-state index is 0.0602. The van der Waals surface area contributed by atoms with E-state index in [9.17, 15) is 31.9 Å². The lowest BCUT2D eigenvalue weighted by molar-refractivity contribution is -0.137. The number of imide groups is 1. The van der Waals surface area contributed by atoms with E-state index in [1.54, 1.807) is 12.1 Å². The minimum Gasteiger partial charge on any atom is -0.376 e. The molecule has 1 unspecified atom stereocenters. The van der Waals surface area contributed by atoms with E-state index in [1.807, 2.05) is 4.90 Å². The maximum absolute atomic E-state index is 14.9. The number of carbonyl (C=O) groups excluding carboxylic acids is 3. The van der Waals surface area contributed by atoms with Gasteiger partial charge in [0.1, 0.15) is 17.4 Å². The summed E-state index contributed by atoms with van der Waals surface area (Å²) < 4.78 is 53.7. The highest BCUT2D eigenvalue weighted by atomic mass is 35.5. The Bertz CT molecular complexity index is 1620. The van der Waals surface area contributed by atoms with Gasteiger partial charge in [0.25, 0.3) is 0 Å². The average molecular weight is 645 g/mol. The van der Waals surface area contributed by atoms with Crippen LogP contribution in [-0.4, -0.2) is 48.6 Å². The largest absolute Gasteiger partial charge is 0.416 e. The first-order valence-electron chi connectivity index (χ1n) is 14.2. The Morgan fingerprint density at radius 1 is 1.16 bits per heavy atom. The van der Waals surface area contributed by atoms with Crippen LogP contribution in [0.15, 0.2) is 48.2 Å². The van der Waals surface area contributed by atoms with Crippen LogP contribution >= 0.6 is 11.6 Å². The second-order valence-corrected chi connectivity index (χ2v) is 11.6. The van der Waals surface area contributed by atoms with E-state index < -0.39 is 41.0 Å². The maximum Gasteiger partial charge on any atom is 0.416 e. The molecular formula is C31H29ClF4N6O3. The lowest BCUT2D eigenvalue weighted by atomic mass is 9.76. The normalized spacial score (nSPS) is 19.7. The lowest BCUT2D eigenvalue weighted by Gasteiger charge is -2.40. The summed E-state index contributed by atoms with van der Waals surface area (Å²) in [5, 5.41) is 18.3. The number of rotatable bonds is 8. The third-order valence-electron chi connectivity index (χ3n) is 8.02. The van der Waals surface area contributed by atoms with Crippen molar-refractivity contribution in [2.75, 3.05) is 28.6 Å². The molecule has 3 amide bonds. The number of hydrogen-bond acceptors (Lipinski definition) is 7. The van der Waals surface area contributed by atoms with Crippen molar-refractivity contribution in [2.24, 2.45) is 5.92 Å². The highest BCUT2D eigenvalue weighted by Gasteiger charge is 2.44. The molecule has 3 fully saturated rings.